The molecule has 1 aliphatic rings. The maximum absolute atomic E-state index is 10.5. The van der Waals surface area contributed by atoms with Gasteiger partial charge in [0.25, 0.3) is 0 Å². The topological polar surface area (TPSA) is 35.5 Å². The quantitative estimate of drug-likeness (QED) is 0.458. The molecule has 1 atom stereocenters. The molecule has 0 aliphatic carbocycles. The van der Waals surface area contributed by atoms with Gasteiger partial charge in [0.1, 0.15) is 0 Å². The summed E-state index contributed by atoms with van der Waals surface area (Å²) >= 11 is 1.58. The van der Waals surface area contributed by atoms with Crippen LogP contribution < -0.4 is 0 Å². The molecule has 1 fully saturated rings. The van der Waals surface area contributed by atoms with E-state index < -0.39 is 0 Å². The van der Waals surface area contributed by atoms with Gasteiger partial charge in [0.05, 0.1) is 12.4 Å². The number of hydrogen-bond acceptors (Lipinski definition) is 4. The van der Waals surface area contributed by atoms with Gasteiger partial charge in [-0.15, -0.1) is 11.8 Å². The SMILES string of the molecule is CSCO[C@H]1CCC(=O)O1. The molecule has 0 aromatic carbocycles. The maximum Gasteiger partial charge on any atom is 0.308 e. The van der Waals surface area contributed by atoms with Crippen molar-refractivity contribution in [1.29, 1.82) is 0 Å². The molecule has 4 heteroatoms. The highest BCUT2D eigenvalue weighted by Gasteiger charge is 2.23. The van der Waals surface area contributed by atoms with Crippen molar-refractivity contribution in [3.8, 4) is 0 Å². The van der Waals surface area contributed by atoms with Gasteiger partial charge >= 0.3 is 5.97 Å². The zero-order valence-electron chi connectivity index (χ0n) is 5.83. The van der Waals surface area contributed by atoms with Crippen molar-refractivity contribution in [2.75, 3.05) is 12.2 Å². The summed E-state index contributed by atoms with van der Waals surface area (Å²) in [6.07, 6.45) is 2.87. The molecule has 0 amide bonds. The Hall–Kier alpha value is -0.220. The normalized spacial score (nSPS) is 24.9. The molecule has 0 unspecified atom stereocenters. The Morgan fingerprint density at radius 3 is 3.20 bits per heavy atom. The molecule has 1 heterocycles. The van der Waals surface area contributed by atoms with Crippen LogP contribution in [0, 0.1) is 0 Å². The lowest BCUT2D eigenvalue weighted by Gasteiger charge is -2.07. The Morgan fingerprint density at radius 2 is 2.70 bits per heavy atom. The van der Waals surface area contributed by atoms with Gasteiger partial charge in [0.2, 0.25) is 6.29 Å². The molecule has 1 rings (SSSR count). The standard InChI is InChI=1S/C6H10O3S/c1-10-4-8-6-3-2-5(7)9-6/h6H,2-4H2,1H3/t6-/m1/s1. The molecule has 10 heavy (non-hydrogen) atoms. The van der Waals surface area contributed by atoms with E-state index >= 15 is 0 Å². The second-order valence-electron chi connectivity index (χ2n) is 2.03. The van der Waals surface area contributed by atoms with E-state index in [1.165, 1.54) is 0 Å². The van der Waals surface area contributed by atoms with Gasteiger partial charge in [-0.3, -0.25) is 4.79 Å². The Balaban J connectivity index is 2.12. The van der Waals surface area contributed by atoms with Crippen molar-refractivity contribution in [3.63, 3.8) is 0 Å². The van der Waals surface area contributed by atoms with Gasteiger partial charge in [-0.25, -0.2) is 0 Å². The minimum absolute atomic E-state index is 0.147. The molecule has 1 aliphatic heterocycles. The monoisotopic (exact) mass is 162 g/mol. The third-order valence-corrected chi connectivity index (χ3v) is 1.59. The highest BCUT2D eigenvalue weighted by molar-refractivity contribution is 7.98. The summed E-state index contributed by atoms with van der Waals surface area (Å²) in [6, 6.07) is 0. The van der Waals surface area contributed by atoms with E-state index in [9.17, 15) is 4.79 Å². The molecular formula is C6H10O3S. The van der Waals surface area contributed by atoms with E-state index in [0.717, 1.165) is 0 Å². The zero-order valence-corrected chi connectivity index (χ0v) is 6.65. The predicted molar refractivity (Wildman–Crippen MR) is 38.6 cm³/mol. The molecule has 0 aromatic rings. The number of esters is 1. The lowest BCUT2D eigenvalue weighted by molar-refractivity contribution is -0.158. The Morgan fingerprint density at radius 1 is 1.90 bits per heavy atom. The third kappa shape index (κ3) is 2.19. The van der Waals surface area contributed by atoms with Gasteiger partial charge in [-0.1, -0.05) is 0 Å². The molecular weight excluding hydrogens is 152 g/mol. The van der Waals surface area contributed by atoms with Crippen LogP contribution >= 0.6 is 11.8 Å². The van der Waals surface area contributed by atoms with Crippen LogP contribution in [-0.4, -0.2) is 24.5 Å². The first-order chi connectivity index (χ1) is 4.83. The van der Waals surface area contributed by atoms with Crippen molar-refractivity contribution in [1.82, 2.24) is 0 Å². The second kappa shape index (κ2) is 3.83. The molecule has 0 spiro atoms. The van der Waals surface area contributed by atoms with Crippen molar-refractivity contribution >= 4 is 17.7 Å². The number of carbonyl (C=O) groups is 1. The minimum Gasteiger partial charge on any atom is -0.436 e. The lowest BCUT2D eigenvalue weighted by atomic mass is 10.4. The first kappa shape index (κ1) is 7.88. The number of carbonyl (C=O) groups excluding carboxylic acids is 1. The van der Waals surface area contributed by atoms with Crippen LogP contribution in [0.1, 0.15) is 12.8 Å². The van der Waals surface area contributed by atoms with E-state index in [4.69, 9.17) is 9.47 Å². The second-order valence-corrected chi connectivity index (χ2v) is 2.84. The van der Waals surface area contributed by atoms with E-state index in [0.29, 0.717) is 18.8 Å². The predicted octanol–water partition coefficient (Wildman–Crippen LogP) is 0.987. The van der Waals surface area contributed by atoms with E-state index in [2.05, 4.69) is 0 Å². The Kier molecular flexibility index (Phi) is 3.02. The number of ether oxygens (including phenoxy) is 2. The summed E-state index contributed by atoms with van der Waals surface area (Å²) < 4.78 is 9.93. The van der Waals surface area contributed by atoms with Gasteiger partial charge in [0, 0.05) is 6.42 Å². The summed E-state index contributed by atoms with van der Waals surface area (Å²) in [6.45, 7) is 0. The van der Waals surface area contributed by atoms with Crippen molar-refractivity contribution in [2.45, 2.75) is 19.1 Å². The van der Waals surface area contributed by atoms with E-state index in [1.54, 1.807) is 11.8 Å². The minimum atomic E-state index is -0.278. The van der Waals surface area contributed by atoms with Crippen LogP contribution in [0.15, 0.2) is 0 Å². The van der Waals surface area contributed by atoms with Gasteiger partial charge < -0.3 is 9.47 Å². The molecule has 0 radical (unpaired) electrons. The van der Waals surface area contributed by atoms with Crippen LogP contribution in [0.5, 0.6) is 0 Å². The number of rotatable bonds is 3. The average molecular weight is 162 g/mol. The first-order valence-electron chi connectivity index (χ1n) is 3.13. The smallest absolute Gasteiger partial charge is 0.308 e. The maximum atomic E-state index is 10.5. The molecule has 0 bridgehead atoms. The fourth-order valence-electron chi connectivity index (χ4n) is 0.761. The van der Waals surface area contributed by atoms with E-state index in [1.807, 2.05) is 6.26 Å². The summed E-state index contributed by atoms with van der Waals surface area (Å²) in [5, 5.41) is 0. The Labute approximate surface area is 64.1 Å². The molecule has 0 aromatic heterocycles. The van der Waals surface area contributed by atoms with Gasteiger partial charge in [-0.05, 0) is 6.26 Å². The average Bonchev–Trinajstić information content (AvgIpc) is 2.31. The highest BCUT2D eigenvalue weighted by atomic mass is 32.2. The summed E-state index contributed by atoms with van der Waals surface area (Å²) in [5.41, 5.74) is 0. The highest BCUT2D eigenvalue weighted by Crippen LogP contribution is 2.15. The fourth-order valence-corrected chi connectivity index (χ4v) is 1.05. The first-order valence-corrected chi connectivity index (χ1v) is 4.52. The number of cyclic esters (lactones) is 1. The van der Waals surface area contributed by atoms with Crippen LogP contribution in [-0.2, 0) is 14.3 Å². The van der Waals surface area contributed by atoms with Crippen LogP contribution in [0.4, 0.5) is 0 Å². The molecule has 1 saturated heterocycles. The number of hydrogen-bond donors (Lipinski definition) is 0. The van der Waals surface area contributed by atoms with Crippen LogP contribution in [0.2, 0.25) is 0 Å². The fraction of sp³-hybridized carbons (Fsp3) is 0.833. The Bertz CT molecular complexity index is 126. The lowest BCUT2D eigenvalue weighted by Crippen LogP contribution is -2.10. The largest absolute Gasteiger partial charge is 0.436 e. The van der Waals surface area contributed by atoms with Gasteiger partial charge in [0.15, 0.2) is 0 Å². The third-order valence-electron chi connectivity index (χ3n) is 1.22. The summed E-state index contributed by atoms with van der Waals surface area (Å²) in [5.74, 6) is 0.448. The van der Waals surface area contributed by atoms with Crippen LogP contribution in [0.3, 0.4) is 0 Å². The van der Waals surface area contributed by atoms with Gasteiger partial charge in [-0.2, -0.15) is 0 Å². The molecule has 0 saturated carbocycles. The number of thioether (sulfide) groups is 1. The summed E-state index contributed by atoms with van der Waals surface area (Å²) in [4.78, 5) is 10.5. The van der Waals surface area contributed by atoms with E-state index in [-0.39, 0.29) is 12.3 Å². The van der Waals surface area contributed by atoms with Crippen LogP contribution in [0.25, 0.3) is 0 Å². The molecule has 0 N–H and O–H groups in total. The summed E-state index contributed by atoms with van der Waals surface area (Å²) in [7, 11) is 0. The van der Waals surface area contributed by atoms with Crippen molar-refractivity contribution in [3.05, 3.63) is 0 Å². The zero-order chi connectivity index (χ0) is 7.40. The van der Waals surface area contributed by atoms with Crippen molar-refractivity contribution < 1.29 is 14.3 Å². The molecule has 3 nitrogen and oxygen atoms in total. The van der Waals surface area contributed by atoms with Crippen molar-refractivity contribution in [2.24, 2.45) is 0 Å². The molecule has 58 valence electrons.